The van der Waals surface area contributed by atoms with E-state index < -0.39 is 5.97 Å². The van der Waals surface area contributed by atoms with Crippen molar-refractivity contribution in [1.29, 1.82) is 0 Å². The van der Waals surface area contributed by atoms with Crippen LogP contribution in [0, 0.1) is 0 Å². The van der Waals surface area contributed by atoms with E-state index in [9.17, 15) is 9.90 Å². The van der Waals surface area contributed by atoms with E-state index in [1.165, 1.54) is 0 Å². The van der Waals surface area contributed by atoms with Crippen molar-refractivity contribution in [1.82, 2.24) is 4.90 Å². The fraction of sp³-hybridized carbons (Fsp3) is 0.312. The van der Waals surface area contributed by atoms with Crippen molar-refractivity contribution >= 4 is 11.7 Å². The van der Waals surface area contributed by atoms with Crippen molar-refractivity contribution in [3.8, 4) is 0 Å². The Morgan fingerprint density at radius 1 is 1.10 bits per heavy atom. The Bertz CT molecular complexity index is 557. The number of hydrogen-bond acceptors (Lipinski definition) is 3. The van der Waals surface area contributed by atoms with Gasteiger partial charge in [-0.05, 0) is 25.0 Å². The third-order valence-corrected chi connectivity index (χ3v) is 3.77. The lowest BCUT2D eigenvalue weighted by Gasteiger charge is -2.34. The van der Waals surface area contributed by atoms with Crippen molar-refractivity contribution in [3.05, 3.63) is 54.0 Å². The predicted octanol–water partition coefficient (Wildman–Crippen LogP) is 2.80. The van der Waals surface area contributed by atoms with E-state index in [1.54, 1.807) is 0 Å². The molecule has 1 N–H and O–H groups in total. The number of allylic oxidation sites excluding steroid dienone is 1. The number of aliphatic carboxylic acids is 1. The molecule has 4 heteroatoms. The first-order valence-corrected chi connectivity index (χ1v) is 7.00. The molecule has 0 atom stereocenters. The zero-order valence-electron chi connectivity index (χ0n) is 11.3. The standard InChI is InChI=1S/C16H18N2O2/c19-16(20)14-9-6-12-18(13-7-2-1-3-8-13)15(14)17-10-4-5-11-17/h1-3,6-8,12H,4-5,9-11H2,(H,19,20). The molecular weight excluding hydrogens is 252 g/mol. The maximum Gasteiger partial charge on any atom is 0.335 e. The normalized spacial score (nSPS) is 18.8. The summed E-state index contributed by atoms with van der Waals surface area (Å²) in [6.07, 6.45) is 6.64. The Labute approximate surface area is 118 Å². The Balaban J connectivity index is 2.04. The van der Waals surface area contributed by atoms with Crippen LogP contribution in [0.15, 0.2) is 54.0 Å². The molecule has 0 bridgehead atoms. The molecule has 4 nitrogen and oxygen atoms in total. The maximum atomic E-state index is 11.6. The Kier molecular flexibility index (Phi) is 3.46. The fourth-order valence-corrected chi connectivity index (χ4v) is 2.84. The summed E-state index contributed by atoms with van der Waals surface area (Å²) in [5.41, 5.74) is 1.49. The van der Waals surface area contributed by atoms with Crippen LogP contribution in [0.25, 0.3) is 0 Å². The fourth-order valence-electron chi connectivity index (χ4n) is 2.84. The molecular formula is C16H18N2O2. The van der Waals surface area contributed by atoms with E-state index in [1.807, 2.05) is 47.5 Å². The topological polar surface area (TPSA) is 43.8 Å². The van der Waals surface area contributed by atoms with Gasteiger partial charge in [-0.1, -0.05) is 24.3 Å². The van der Waals surface area contributed by atoms with Gasteiger partial charge in [0.2, 0.25) is 0 Å². The van der Waals surface area contributed by atoms with E-state index in [2.05, 4.69) is 4.90 Å². The highest BCUT2D eigenvalue weighted by Crippen LogP contribution is 2.31. The van der Waals surface area contributed by atoms with Crippen LogP contribution in [0.4, 0.5) is 5.69 Å². The number of likely N-dealkylation sites (tertiary alicyclic amines) is 1. The molecule has 2 aliphatic heterocycles. The van der Waals surface area contributed by atoms with Gasteiger partial charge in [0.25, 0.3) is 0 Å². The first-order valence-electron chi connectivity index (χ1n) is 7.00. The molecule has 0 saturated carbocycles. The zero-order valence-corrected chi connectivity index (χ0v) is 11.3. The second-order valence-electron chi connectivity index (χ2n) is 5.10. The van der Waals surface area contributed by atoms with Crippen molar-refractivity contribution in [3.63, 3.8) is 0 Å². The molecule has 20 heavy (non-hydrogen) atoms. The summed E-state index contributed by atoms with van der Waals surface area (Å²) in [6.45, 7) is 1.87. The lowest BCUT2D eigenvalue weighted by atomic mass is 10.1. The summed E-state index contributed by atoms with van der Waals surface area (Å²) in [4.78, 5) is 15.7. The summed E-state index contributed by atoms with van der Waals surface area (Å²) in [6, 6.07) is 9.92. The van der Waals surface area contributed by atoms with Crippen molar-refractivity contribution in [2.75, 3.05) is 18.0 Å². The van der Waals surface area contributed by atoms with E-state index in [4.69, 9.17) is 0 Å². The van der Waals surface area contributed by atoms with Crippen LogP contribution in [0.3, 0.4) is 0 Å². The molecule has 1 saturated heterocycles. The van der Waals surface area contributed by atoms with Gasteiger partial charge in [0.1, 0.15) is 5.82 Å². The second kappa shape index (κ2) is 5.41. The minimum atomic E-state index is -0.822. The molecule has 1 fully saturated rings. The average Bonchev–Trinajstić information content (AvgIpc) is 3.01. The molecule has 0 aromatic heterocycles. The molecule has 0 aliphatic carbocycles. The lowest BCUT2D eigenvalue weighted by Crippen LogP contribution is -2.35. The van der Waals surface area contributed by atoms with E-state index in [0.29, 0.717) is 12.0 Å². The van der Waals surface area contributed by atoms with Gasteiger partial charge in [-0.2, -0.15) is 0 Å². The van der Waals surface area contributed by atoms with Crippen LogP contribution in [0.1, 0.15) is 19.3 Å². The minimum absolute atomic E-state index is 0.484. The number of hydrogen-bond donors (Lipinski definition) is 1. The van der Waals surface area contributed by atoms with Gasteiger partial charge >= 0.3 is 5.97 Å². The smallest absolute Gasteiger partial charge is 0.335 e. The van der Waals surface area contributed by atoms with Gasteiger partial charge in [0.05, 0.1) is 5.57 Å². The summed E-state index contributed by atoms with van der Waals surface area (Å²) < 4.78 is 0. The number of rotatable bonds is 3. The molecule has 0 spiro atoms. The van der Waals surface area contributed by atoms with Crippen LogP contribution in [0.5, 0.6) is 0 Å². The molecule has 3 rings (SSSR count). The third-order valence-electron chi connectivity index (χ3n) is 3.77. The summed E-state index contributed by atoms with van der Waals surface area (Å²) in [7, 11) is 0. The molecule has 2 aliphatic rings. The lowest BCUT2D eigenvalue weighted by molar-refractivity contribution is -0.132. The van der Waals surface area contributed by atoms with Crippen LogP contribution in [-0.2, 0) is 4.79 Å². The summed E-state index contributed by atoms with van der Waals surface area (Å²) in [5, 5.41) is 9.49. The van der Waals surface area contributed by atoms with Gasteiger partial charge in [-0.25, -0.2) is 4.79 Å². The number of carboxylic acid groups (broad SMARTS) is 1. The molecule has 1 aromatic carbocycles. The number of carboxylic acids is 1. The molecule has 104 valence electrons. The van der Waals surface area contributed by atoms with Crippen molar-refractivity contribution in [2.45, 2.75) is 19.3 Å². The van der Waals surface area contributed by atoms with Crippen LogP contribution < -0.4 is 4.90 Å². The molecule has 0 radical (unpaired) electrons. The summed E-state index contributed by atoms with van der Waals surface area (Å²) >= 11 is 0. The van der Waals surface area contributed by atoms with Gasteiger partial charge in [0.15, 0.2) is 0 Å². The number of anilines is 1. The third kappa shape index (κ3) is 2.29. The highest BCUT2D eigenvalue weighted by Gasteiger charge is 2.28. The molecule has 1 aromatic rings. The van der Waals surface area contributed by atoms with Crippen LogP contribution >= 0.6 is 0 Å². The first-order chi connectivity index (χ1) is 9.77. The van der Waals surface area contributed by atoms with E-state index >= 15 is 0 Å². The highest BCUT2D eigenvalue weighted by molar-refractivity contribution is 5.89. The number of para-hydroxylation sites is 1. The molecule has 0 unspecified atom stereocenters. The number of benzene rings is 1. The second-order valence-corrected chi connectivity index (χ2v) is 5.10. The predicted molar refractivity (Wildman–Crippen MR) is 78.1 cm³/mol. The van der Waals surface area contributed by atoms with Crippen LogP contribution in [0.2, 0.25) is 0 Å². The minimum Gasteiger partial charge on any atom is -0.478 e. The number of carbonyl (C=O) groups is 1. The van der Waals surface area contributed by atoms with E-state index in [-0.39, 0.29) is 0 Å². The SMILES string of the molecule is O=C(O)C1=C(N2CCCC2)N(c2ccccc2)C=CC1. The van der Waals surface area contributed by atoms with Crippen molar-refractivity contribution in [2.24, 2.45) is 0 Å². The van der Waals surface area contributed by atoms with Gasteiger partial charge < -0.3 is 14.9 Å². The quantitative estimate of drug-likeness (QED) is 0.917. The molecule has 0 amide bonds. The van der Waals surface area contributed by atoms with E-state index in [0.717, 1.165) is 37.4 Å². The zero-order chi connectivity index (χ0) is 13.9. The Morgan fingerprint density at radius 3 is 2.45 bits per heavy atom. The largest absolute Gasteiger partial charge is 0.478 e. The van der Waals surface area contributed by atoms with Crippen molar-refractivity contribution < 1.29 is 9.90 Å². The Hall–Kier alpha value is -2.23. The van der Waals surface area contributed by atoms with Crippen LogP contribution in [-0.4, -0.2) is 29.1 Å². The summed E-state index contributed by atoms with van der Waals surface area (Å²) in [5.74, 6) is 0.0147. The maximum absolute atomic E-state index is 11.6. The van der Waals surface area contributed by atoms with Gasteiger partial charge in [-0.3, -0.25) is 0 Å². The monoisotopic (exact) mass is 270 g/mol. The average molecular weight is 270 g/mol. The highest BCUT2D eigenvalue weighted by atomic mass is 16.4. The Morgan fingerprint density at radius 2 is 1.80 bits per heavy atom. The van der Waals surface area contributed by atoms with Gasteiger partial charge in [-0.15, -0.1) is 0 Å². The molecule has 2 heterocycles. The first kappa shape index (κ1) is 12.8. The number of nitrogens with zero attached hydrogens (tertiary/aromatic N) is 2. The van der Waals surface area contributed by atoms with Gasteiger partial charge in [0, 0.05) is 31.4 Å².